The molecule has 19 heavy (non-hydrogen) atoms. The highest BCUT2D eigenvalue weighted by Gasteiger charge is 2.14. The van der Waals surface area contributed by atoms with E-state index in [1.807, 2.05) is 38.1 Å². The van der Waals surface area contributed by atoms with Crippen molar-refractivity contribution in [3.05, 3.63) is 29.8 Å². The molecule has 0 aliphatic carbocycles. The van der Waals surface area contributed by atoms with Crippen LogP contribution in [-0.4, -0.2) is 17.4 Å². The summed E-state index contributed by atoms with van der Waals surface area (Å²) in [5.74, 6) is 0.304. The molecular formula is C15H22N2OS. The molecule has 0 aliphatic heterocycles. The number of nitrogens with one attached hydrogen (secondary N) is 1. The minimum Gasteiger partial charge on any atom is -0.272 e. The van der Waals surface area contributed by atoms with E-state index in [0.29, 0.717) is 5.75 Å². The molecule has 0 unspecified atom stereocenters. The third-order valence-electron chi connectivity index (χ3n) is 2.82. The van der Waals surface area contributed by atoms with E-state index in [2.05, 4.69) is 31.3 Å². The van der Waals surface area contributed by atoms with E-state index in [1.54, 1.807) is 0 Å². The number of rotatable bonds is 4. The van der Waals surface area contributed by atoms with Crippen LogP contribution in [0.15, 0.2) is 34.3 Å². The molecule has 0 bridgehead atoms. The van der Waals surface area contributed by atoms with Crippen molar-refractivity contribution >= 4 is 23.4 Å². The van der Waals surface area contributed by atoms with Crippen molar-refractivity contribution in [1.29, 1.82) is 0 Å². The van der Waals surface area contributed by atoms with Crippen LogP contribution in [0.3, 0.4) is 0 Å². The third kappa shape index (κ3) is 5.92. The molecule has 1 aromatic rings. The summed E-state index contributed by atoms with van der Waals surface area (Å²) in [6, 6.07) is 8.14. The first-order valence-electron chi connectivity index (χ1n) is 6.32. The second-order valence-corrected chi connectivity index (χ2v) is 6.63. The summed E-state index contributed by atoms with van der Waals surface area (Å²) in [6.45, 7) is 10.2. The fourth-order valence-corrected chi connectivity index (χ4v) is 1.82. The molecule has 3 nitrogen and oxygen atoms in total. The van der Waals surface area contributed by atoms with E-state index in [4.69, 9.17) is 0 Å². The first-order chi connectivity index (χ1) is 8.79. The summed E-state index contributed by atoms with van der Waals surface area (Å²) in [7, 11) is 0. The van der Waals surface area contributed by atoms with Crippen LogP contribution >= 0.6 is 11.8 Å². The average Bonchev–Trinajstić information content (AvgIpc) is 2.34. The van der Waals surface area contributed by atoms with E-state index in [-0.39, 0.29) is 11.3 Å². The zero-order valence-corrected chi connectivity index (χ0v) is 13.1. The number of thioether (sulfide) groups is 1. The van der Waals surface area contributed by atoms with E-state index in [0.717, 1.165) is 10.6 Å². The number of aryl methyl sites for hydroxylation is 1. The Hall–Kier alpha value is -1.29. The molecule has 4 heteroatoms. The fraction of sp³-hybridized carbons (Fsp3) is 0.467. The first kappa shape index (κ1) is 15.8. The Kier molecular flexibility index (Phi) is 5.60. The van der Waals surface area contributed by atoms with Gasteiger partial charge in [0.15, 0.2) is 0 Å². The molecule has 0 aliphatic rings. The van der Waals surface area contributed by atoms with Gasteiger partial charge in [0, 0.05) is 16.0 Å². The molecule has 0 radical (unpaired) electrons. The van der Waals surface area contributed by atoms with Crippen LogP contribution in [0.4, 0.5) is 0 Å². The Morgan fingerprint density at radius 1 is 1.26 bits per heavy atom. The van der Waals surface area contributed by atoms with Gasteiger partial charge >= 0.3 is 0 Å². The minimum atomic E-state index is -0.0748. The number of nitrogens with zero attached hydrogens (tertiary/aromatic N) is 1. The topological polar surface area (TPSA) is 41.5 Å². The monoisotopic (exact) mass is 278 g/mol. The van der Waals surface area contributed by atoms with Crippen molar-refractivity contribution in [1.82, 2.24) is 5.43 Å². The molecular weight excluding hydrogens is 256 g/mol. The van der Waals surface area contributed by atoms with Gasteiger partial charge in [0.1, 0.15) is 0 Å². The molecule has 1 amide bonds. The molecule has 0 heterocycles. The standard InChI is InChI=1S/C15H22N2OS/c1-11-6-8-13(9-7-11)19-10-14(18)17-16-12(2)15(3,4)5/h6-9H,10H2,1-5H3,(H,17,18)/b16-12-. The normalized spacial score (nSPS) is 12.4. The summed E-state index contributed by atoms with van der Waals surface area (Å²) in [4.78, 5) is 12.8. The molecule has 0 saturated heterocycles. The summed E-state index contributed by atoms with van der Waals surface area (Å²) < 4.78 is 0. The quantitative estimate of drug-likeness (QED) is 0.519. The molecule has 1 rings (SSSR count). The van der Waals surface area contributed by atoms with Gasteiger partial charge in [0.25, 0.3) is 0 Å². The van der Waals surface area contributed by atoms with E-state index < -0.39 is 0 Å². The maximum Gasteiger partial charge on any atom is 0.250 e. The third-order valence-corrected chi connectivity index (χ3v) is 3.84. The molecule has 0 saturated carbocycles. The number of carbonyl (C=O) groups excluding carboxylic acids is 1. The first-order valence-corrected chi connectivity index (χ1v) is 7.30. The van der Waals surface area contributed by atoms with Crippen LogP contribution < -0.4 is 5.43 Å². The van der Waals surface area contributed by atoms with Gasteiger partial charge < -0.3 is 0 Å². The van der Waals surface area contributed by atoms with Crippen LogP contribution in [0, 0.1) is 12.3 Å². The lowest BCUT2D eigenvalue weighted by molar-refractivity contribution is -0.118. The fourth-order valence-electron chi connectivity index (χ4n) is 1.13. The van der Waals surface area contributed by atoms with Gasteiger partial charge in [-0.1, -0.05) is 38.5 Å². The largest absolute Gasteiger partial charge is 0.272 e. The molecule has 0 fully saturated rings. The molecule has 1 N–H and O–H groups in total. The lowest BCUT2D eigenvalue weighted by atomic mass is 9.91. The summed E-state index contributed by atoms with van der Waals surface area (Å²) in [5, 5.41) is 4.13. The van der Waals surface area contributed by atoms with Crippen molar-refractivity contribution in [2.45, 2.75) is 39.5 Å². The lowest BCUT2D eigenvalue weighted by Gasteiger charge is -2.17. The Labute approximate surface area is 119 Å². The van der Waals surface area contributed by atoms with Gasteiger partial charge in [-0.2, -0.15) is 5.10 Å². The number of carbonyl (C=O) groups is 1. The molecule has 0 atom stereocenters. The van der Waals surface area contributed by atoms with Gasteiger partial charge in [0.2, 0.25) is 5.91 Å². The van der Waals surface area contributed by atoms with Crippen LogP contribution in [0.25, 0.3) is 0 Å². The highest BCUT2D eigenvalue weighted by atomic mass is 32.2. The zero-order valence-electron chi connectivity index (χ0n) is 12.3. The average molecular weight is 278 g/mol. The second kappa shape index (κ2) is 6.75. The number of benzene rings is 1. The SMILES string of the molecule is C/C(=N/NC(=O)CSc1ccc(C)cc1)C(C)(C)C. The van der Waals surface area contributed by atoms with E-state index in [9.17, 15) is 4.79 Å². The second-order valence-electron chi connectivity index (χ2n) is 5.58. The lowest BCUT2D eigenvalue weighted by Crippen LogP contribution is -2.25. The van der Waals surface area contributed by atoms with Crippen molar-refractivity contribution in [2.24, 2.45) is 10.5 Å². The van der Waals surface area contributed by atoms with Crippen molar-refractivity contribution in [3.63, 3.8) is 0 Å². The van der Waals surface area contributed by atoms with E-state index >= 15 is 0 Å². The zero-order chi connectivity index (χ0) is 14.5. The Morgan fingerprint density at radius 2 is 1.84 bits per heavy atom. The smallest absolute Gasteiger partial charge is 0.250 e. The van der Waals surface area contributed by atoms with Crippen LogP contribution in [0.5, 0.6) is 0 Å². The maximum absolute atomic E-state index is 11.7. The highest BCUT2D eigenvalue weighted by Crippen LogP contribution is 2.18. The van der Waals surface area contributed by atoms with Crippen molar-refractivity contribution in [2.75, 3.05) is 5.75 Å². The number of amides is 1. The molecule has 104 valence electrons. The van der Waals surface area contributed by atoms with Crippen molar-refractivity contribution < 1.29 is 4.79 Å². The number of hydrazone groups is 1. The highest BCUT2D eigenvalue weighted by molar-refractivity contribution is 8.00. The predicted octanol–water partition coefficient (Wildman–Crippen LogP) is 3.63. The van der Waals surface area contributed by atoms with Crippen LogP contribution in [0.2, 0.25) is 0 Å². The Bertz CT molecular complexity index is 458. The van der Waals surface area contributed by atoms with Gasteiger partial charge in [-0.05, 0) is 26.0 Å². The van der Waals surface area contributed by atoms with E-state index in [1.165, 1.54) is 17.3 Å². The van der Waals surface area contributed by atoms with Crippen LogP contribution in [0.1, 0.15) is 33.3 Å². The Balaban J connectivity index is 2.42. The van der Waals surface area contributed by atoms with Gasteiger partial charge in [0.05, 0.1) is 5.75 Å². The van der Waals surface area contributed by atoms with Crippen LogP contribution in [-0.2, 0) is 4.79 Å². The molecule has 0 spiro atoms. The van der Waals surface area contributed by atoms with Gasteiger partial charge in [-0.3, -0.25) is 4.79 Å². The summed E-state index contributed by atoms with van der Waals surface area (Å²) in [5.41, 5.74) is 4.72. The number of hydrogen-bond donors (Lipinski definition) is 1. The maximum atomic E-state index is 11.7. The van der Waals surface area contributed by atoms with Crippen molar-refractivity contribution in [3.8, 4) is 0 Å². The van der Waals surface area contributed by atoms with Gasteiger partial charge in [-0.15, -0.1) is 11.8 Å². The minimum absolute atomic E-state index is 0.0165. The Morgan fingerprint density at radius 3 is 2.37 bits per heavy atom. The predicted molar refractivity (Wildman–Crippen MR) is 82.6 cm³/mol. The summed E-state index contributed by atoms with van der Waals surface area (Å²) in [6.07, 6.45) is 0. The summed E-state index contributed by atoms with van der Waals surface area (Å²) >= 11 is 1.52. The number of hydrogen-bond acceptors (Lipinski definition) is 3. The van der Waals surface area contributed by atoms with Gasteiger partial charge in [-0.25, -0.2) is 5.43 Å². The molecule has 1 aromatic carbocycles. The molecule has 0 aromatic heterocycles.